The van der Waals surface area contributed by atoms with Crippen molar-refractivity contribution in [3.05, 3.63) is 29.8 Å². The van der Waals surface area contributed by atoms with E-state index in [4.69, 9.17) is 0 Å². The number of rotatable bonds is 4. The van der Waals surface area contributed by atoms with E-state index in [9.17, 15) is 9.59 Å². The van der Waals surface area contributed by atoms with Gasteiger partial charge in [0.1, 0.15) is 5.41 Å². The van der Waals surface area contributed by atoms with Crippen LogP contribution in [0.15, 0.2) is 24.3 Å². The Labute approximate surface area is 139 Å². The van der Waals surface area contributed by atoms with Crippen molar-refractivity contribution >= 4 is 17.5 Å². The number of anilines is 1. The second-order valence-electron chi connectivity index (χ2n) is 7.10. The Hall–Kier alpha value is -1.84. The predicted molar refractivity (Wildman–Crippen MR) is 93.2 cm³/mol. The Bertz CT molecular complexity index is 555. The van der Waals surface area contributed by atoms with Gasteiger partial charge >= 0.3 is 0 Å². The summed E-state index contributed by atoms with van der Waals surface area (Å²) in [5.41, 5.74) is 0.908. The molecule has 0 spiro atoms. The third-order valence-electron chi connectivity index (χ3n) is 4.79. The monoisotopic (exact) mass is 316 g/mol. The molecule has 0 bridgehead atoms. The normalized spacial score (nSPS) is 16.3. The molecule has 1 aliphatic heterocycles. The van der Waals surface area contributed by atoms with E-state index in [1.807, 2.05) is 29.2 Å². The standard InChI is InChI=1S/C19H28N2O2/c1-5-15-6-8-16(9-7-15)20-17(22)19(3,4)18(23)21-12-10-14(2)11-13-21/h6-9,14H,5,10-13H2,1-4H3,(H,20,22). The summed E-state index contributed by atoms with van der Waals surface area (Å²) in [6.45, 7) is 9.23. The molecule has 126 valence electrons. The van der Waals surface area contributed by atoms with E-state index in [1.54, 1.807) is 13.8 Å². The lowest BCUT2D eigenvalue weighted by atomic mass is 9.88. The molecular weight excluding hydrogens is 288 g/mol. The zero-order valence-corrected chi connectivity index (χ0v) is 14.7. The van der Waals surface area contributed by atoms with Crippen LogP contribution in [0.25, 0.3) is 0 Å². The molecule has 1 heterocycles. The molecule has 1 saturated heterocycles. The quantitative estimate of drug-likeness (QED) is 0.865. The molecule has 1 aliphatic rings. The Morgan fingerprint density at radius 3 is 2.26 bits per heavy atom. The van der Waals surface area contributed by atoms with Crippen molar-refractivity contribution in [3.63, 3.8) is 0 Å². The zero-order valence-electron chi connectivity index (χ0n) is 14.7. The minimum Gasteiger partial charge on any atom is -0.342 e. The molecule has 1 aromatic carbocycles. The molecule has 4 nitrogen and oxygen atoms in total. The maximum Gasteiger partial charge on any atom is 0.239 e. The Morgan fingerprint density at radius 1 is 1.17 bits per heavy atom. The number of likely N-dealkylation sites (tertiary alicyclic amines) is 1. The summed E-state index contributed by atoms with van der Waals surface area (Å²) in [5.74, 6) is 0.338. The lowest BCUT2D eigenvalue weighted by Gasteiger charge is -2.35. The van der Waals surface area contributed by atoms with Crippen molar-refractivity contribution in [1.29, 1.82) is 0 Å². The highest BCUT2D eigenvalue weighted by Crippen LogP contribution is 2.25. The summed E-state index contributed by atoms with van der Waals surface area (Å²) >= 11 is 0. The number of hydrogen-bond donors (Lipinski definition) is 1. The van der Waals surface area contributed by atoms with Gasteiger partial charge in [-0.25, -0.2) is 0 Å². The molecule has 0 aliphatic carbocycles. The lowest BCUT2D eigenvalue weighted by Crippen LogP contribution is -2.49. The number of benzene rings is 1. The highest BCUT2D eigenvalue weighted by Gasteiger charge is 2.39. The Morgan fingerprint density at radius 2 is 1.74 bits per heavy atom. The molecule has 23 heavy (non-hydrogen) atoms. The Balaban J connectivity index is 2.02. The van der Waals surface area contributed by atoms with Crippen LogP contribution in [-0.2, 0) is 16.0 Å². The molecular formula is C19H28N2O2. The second kappa shape index (κ2) is 7.16. The van der Waals surface area contributed by atoms with Gasteiger partial charge in [0.15, 0.2) is 0 Å². The molecule has 0 unspecified atom stereocenters. The van der Waals surface area contributed by atoms with E-state index in [0.29, 0.717) is 5.92 Å². The molecule has 1 fully saturated rings. The minimum atomic E-state index is -1.05. The first kappa shape index (κ1) is 17.5. The van der Waals surface area contributed by atoms with Gasteiger partial charge in [-0.15, -0.1) is 0 Å². The third-order valence-corrected chi connectivity index (χ3v) is 4.79. The van der Waals surface area contributed by atoms with Gasteiger partial charge in [-0.1, -0.05) is 26.0 Å². The molecule has 0 saturated carbocycles. The van der Waals surface area contributed by atoms with Gasteiger partial charge in [0, 0.05) is 18.8 Å². The number of hydrogen-bond acceptors (Lipinski definition) is 2. The topological polar surface area (TPSA) is 49.4 Å². The van der Waals surface area contributed by atoms with Crippen molar-refractivity contribution in [3.8, 4) is 0 Å². The van der Waals surface area contributed by atoms with E-state index in [0.717, 1.165) is 38.0 Å². The molecule has 1 aromatic rings. The van der Waals surface area contributed by atoms with Crippen LogP contribution >= 0.6 is 0 Å². The van der Waals surface area contributed by atoms with E-state index >= 15 is 0 Å². The van der Waals surface area contributed by atoms with Crippen molar-refractivity contribution < 1.29 is 9.59 Å². The van der Waals surface area contributed by atoms with Crippen LogP contribution in [0.1, 0.15) is 46.1 Å². The average Bonchev–Trinajstić information content (AvgIpc) is 2.55. The van der Waals surface area contributed by atoms with Crippen LogP contribution in [0, 0.1) is 11.3 Å². The van der Waals surface area contributed by atoms with Gasteiger partial charge in [-0.2, -0.15) is 0 Å². The summed E-state index contributed by atoms with van der Waals surface area (Å²) in [7, 11) is 0. The van der Waals surface area contributed by atoms with Gasteiger partial charge in [0.2, 0.25) is 11.8 Å². The predicted octanol–water partition coefficient (Wildman–Crippen LogP) is 3.47. The van der Waals surface area contributed by atoms with Crippen LogP contribution in [0.5, 0.6) is 0 Å². The first-order chi connectivity index (χ1) is 10.8. The number of carbonyl (C=O) groups excluding carboxylic acids is 2. The highest BCUT2D eigenvalue weighted by molar-refractivity contribution is 6.09. The zero-order chi connectivity index (χ0) is 17.0. The average molecular weight is 316 g/mol. The molecule has 4 heteroatoms. The number of piperidine rings is 1. The molecule has 1 N–H and O–H groups in total. The van der Waals surface area contributed by atoms with Crippen molar-refractivity contribution in [2.45, 2.75) is 47.0 Å². The van der Waals surface area contributed by atoms with Crippen LogP contribution in [0.2, 0.25) is 0 Å². The van der Waals surface area contributed by atoms with Crippen LogP contribution < -0.4 is 5.32 Å². The number of carbonyl (C=O) groups is 2. The largest absolute Gasteiger partial charge is 0.342 e. The fourth-order valence-corrected chi connectivity index (χ4v) is 2.82. The minimum absolute atomic E-state index is 0.0768. The lowest BCUT2D eigenvalue weighted by molar-refractivity contribution is -0.147. The van der Waals surface area contributed by atoms with Crippen LogP contribution in [0.4, 0.5) is 5.69 Å². The van der Waals surface area contributed by atoms with Crippen LogP contribution in [0.3, 0.4) is 0 Å². The molecule has 0 radical (unpaired) electrons. The summed E-state index contributed by atoms with van der Waals surface area (Å²) < 4.78 is 0. The smallest absolute Gasteiger partial charge is 0.239 e. The molecule has 0 aromatic heterocycles. The summed E-state index contributed by atoms with van der Waals surface area (Å²) in [6.07, 6.45) is 3.00. The van der Waals surface area contributed by atoms with E-state index in [1.165, 1.54) is 5.56 Å². The van der Waals surface area contributed by atoms with Crippen molar-refractivity contribution in [2.75, 3.05) is 18.4 Å². The second-order valence-corrected chi connectivity index (χ2v) is 7.10. The van der Waals surface area contributed by atoms with Gasteiger partial charge < -0.3 is 10.2 Å². The van der Waals surface area contributed by atoms with Gasteiger partial charge in [0.25, 0.3) is 0 Å². The maximum atomic E-state index is 12.7. The molecule has 0 atom stereocenters. The van der Waals surface area contributed by atoms with E-state index < -0.39 is 5.41 Å². The van der Waals surface area contributed by atoms with Crippen molar-refractivity contribution in [1.82, 2.24) is 4.90 Å². The summed E-state index contributed by atoms with van der Waals surface area (Å²) in [5, 5.41) is 2.88. The van der Waals surface area contributed by atoms with Gasteiger partial charge in [0.05, 0.1) is 0 Å². The first-order valence-corrected chi connectivity index (χ1v) is 8.54. The van der Waals surface area contributed by atoms with E-state index in [2.05, 4.69) is 19.2 Å². The molecule has 2 rings (SSSR count). The van der Waals surface area contributed by atoms with Crippen LogP contribution in [-0.4, -0.2) is 29.8 Å². The summed E-state index contributed by atoms with van der Waals surface area (Å²) in [6, 6.07) is 7.77. The van der Waals surface area contributed by atoms with Gasteiger partial charge in [-0.05, 0) is 56.7 Å². The number of nitrogens with zero attached hydrogens (tertiary/aromatic N) is 1. The molecule has 2 amide bonds. The third kappa shape index (κ3) is 4.12. The number of amides is 2. The fraction of sp³-hybridized carbons (Fsp3) is 0.579. The first-order valence-electron chi connectivity index (χ1n) is 8.54. The maximum absolute atomic E-state index is 12.7. The SMILES string of the molecule is CCc1ccc(NC(=O)C(C)(C)C(=O)N2CCC(C)CC2)cc1. The number of nitrogens with one attached hydrogen (secondary N) is 1. The number of aryl methyl sites for hydroxylation is 1. The van der Waals surface area contributed by atoms with E-state index in [-0.39, 0.29) is 11.8 Å². The summed E-state index contributed by atoms with van der Waals surface area (Å²) in [4.78, 5) is 27.1. The Kier molecular flexibility index (Phi) is 5.45. The van der Waals surface area contributed by atoms with Gasteiger partial charge in [-0.3, -0.25) is 9.59 Å². The fourth-order valence-electron chi connectivity index (χ4n) is 2.82. The van der Waals surface area contributed by atoms with Crippen molar-refractivity contribution in [2.24, 2.45) is 11.3 Å². The highest BCUT2D eigenvalue weighted by atomic mass is 16.2.